The lowest BCUT2D eigenvalue weighted by molar-refractivity contribution is -0.141. The number of nitrogens with one attached hydrogen (secondary N) is 1. The molecule has 2 aromatic carbocycles. The highest BCUT2D eigenvalue weighted by Gasteiger charge is 2.29. The summed E-state index contributed by atoms with van der Waals surface area (Å²) in [4.78, 5) is 27.6. The number of rotatable bonds is 12. The highest BCUT2D eigenvalue weighted by atomic mass is 32.2. The number of carbonyl (C=O) groups is 2. The standard InChI is InChI=1S/C25H34FN3O4S/c1-5-23(25(31)27-19(2)3)28(18-20-13-15-21(26)16-14-20)24(30)12-9-17-29(34(4,32)33)22-10-7-6-8-11-22/h6-8,10-11,13-16,19,23H,5,9,12,17-18H2,1-4H3,(H,27,31)/t23-/m0/s1. The first-order chi connectivity index (χ1) is 16.0. The molecular weight excluding hydrogens is 457 g/mol. The predicted octanol–water partition coefficient (Wildman–Crippen LogP) is 3.70. The Morgan fingerprint density at radius 1 is 1.03 bits per heavy atom. The topological polar surface area (TPSA) is 86.8 Å². The third-order valence-corrected chi connectivity index (χ3v) is 6.47. The molecule has 1 N–H and O–H groups in total. The van der Waals surface area contributed by atoms with Gasteiger partial charge >= 0.3 is 0 Å². The summed E-state index contributed by atoms with van der Waals surface area (Å²) in [7, 11) is -3.53. The largest absolute Gasteiger partial charge is 0.352 e. The minimum atomic E-state index is -3.53. The number of benzene rings is 2. The number of amides is 2. The first kappa shape index (κ1) is 27.3. The van der Waals surface area contributed by atoms with Crippen molar-refractivity contribution in [2.75, 3.05) is 17.1 Å². The van der Waals surface area contributed by atoms with Gasteiger partial charge in [0, 0.05) is 25.6 Å². The summed E-state index contributed by atoms with van der Waals surface area (Å²) >= 11 is 0. The smallest absolute Gasteiger partial charge is 0.243 e. The Morgan fingerprint density at radius 3 is 2.18 bits per heavy atom. The minimum Gasteiger partial charge on any atom is -0.352 e. The van der Waals surface area contributed by atoms with Gasteiger partial charge in [0.1, 0.15) is 11.9 Å². The molecule has 34 heavy (non-hydrogen) atoms. The predicted molar refractivity (Wildman–Crippen MR) is 132 cm³/mol. The summed E-state index contributed by atoms with van der Waals surface area (Å²) in [5, 5.41) is 2.86. The van der Waals surface area contributed by atoms with Gasteiger partial charge in [-0.3, -0.25) is 13.9 Å². The Balaban J connectivity index is 2.19. The Kier molecular flexibility index (Phi) is 10.0. The van der Waals surface area contributed by atoms with Crippen LogP contribution in [0.1, 0.15) is 45.6 Å². The van der Waals surface area contributed by atoms with Crippen LogP contribution in [0.2, 0.25) is 0 Å². The van der Waals surface area contributed by atoms with Crippen LogP contribution < -0.4 is 9.62 Å². The van der Waals surface area contributed by atoms with Crippen molar-refractivity contribution in [3.05, 3.63) is 66.0 Å². The Labute approximate surface area is 202 Å². The average Bonchev–Trinajstić information content (AvgIpc) is 2.77. The molecule has 0 aromatic heterocycles. The number of carbonyl (C=O) groups excluding carboxylic acids is 2. The van der Waals surface area contributed by atoms with Crippen LogP contribution in [0.5, 0.6) is 0 Å². The average molecular weight is 492 g/mol. The van der Waals surface area contributed by atoms with Crippen molar-refractivity contribution in [2.45, 2.75) is 58.7 Å². The van der Waals surface area contributed by atoms with E-state index in [1.54, 1.807) is 42.5 Å². The van der Waals surface area contributed by atoms with Crippen molar-refractivity contribution in [2.24, 2.45) is 0 Å². The molecule has 0 saturated carbocycles. The van der Waals surface area contributed by atoms with Gasteiger partial charge in [0.2, 0.25) is 21.8 Å². The van der Waals surface area contributed by atoms with Crippen molar-refractivity contribution in [3.8, 4) is 0 Å². The molecule has 2 rings (SSSR count). The fourth-order valence-electron chi connectivity index (χ4n) is 3.68. The SMILES string of the molecule is CC[C@@H](C(=O)NC(C)C)N(Cc1ccc(F)cc1)C(=O)CCCN(c1ccccc1)S(C)(=O)=O. The van der Waals surface area contributed by atoms with Crippen LogP contribution in [-0.4, -0.2) is 50.0 Å². The lowest BCUT2D eigenvalue weighted by atomic mass is 10.1. The van der Waals surface area contributed by atoms with Crippen LogP contribution in [0.25, 0.3) is 0 Å². The van der Waals surface area contributed by atoms with E-state index in [1.165, 1.54) is 21.3 Å². The van der Waals surface area contributed by atoms with E-state index < -0.39 is 16.1 Å². The van der Waals surface area contributed by atoms with Crippen molar-refractivity contribution >= 4 is 27.5 Å². The van der Waals surface area contributed by atoms with E-state index in [0.29, 0.717) is 17.7 Å². The van der Waals surface area contributed by atoms with Crippen LogP contribution in [0.15, 0.2) is 54.6 Å². The molecule has 0 fully saturated rings. The van der Waals surface area contributed by atoms with Crippen LogP contribution in [-0.2, 0) is 26.2 Å². The highest BCUT2D eigenvalue weighted by molar-refractivity contribution is 7.92. The normalized spacial score (nSPS) is 12.3. The van der Waals surface area contributed by atoms with Gasteiger partial charge in [0.25, 0.3) is 0 Å². The fourth-order valence-corrected chi connectivity index (χ4v) is 4.65. The van der Waals surface area contributed by atoms with Crippen molar-refractivity contribution in [1.82, 2.24) is 10.2 Å². The van der Waals surface area contributed by atoms with E-state index in [4.69, 9.17) is 0 Å². The van der Waals surface area contributed by atoms with Crippen LogP contribution in [0.4, 0.5) is 10.1 Å². The molecule has 0 heterocycles. The summed E-state index contributed by atoms with van der Waals surface area (Å²) in [5.41, 5.74) is 1.23. The molecule has 1 atom stereocenters. The van der Waals surface area contributed by atoms with Crippen molar-refractivity contribution in [1.29, 1.82) is 0 Å². The molecular formula is C25H34FN3O4S. The van der Waals surface area contributed by atoms with Gasteiger partial charge in [-0.25, -0.2) is 12.8 Å². The summed E-state index contributed by atoms with van der Waals surface area (Å²) in [5.74, 6) is -0.903. The number of halogens is 1. The first-order valence-electron chi connectivity index (χ1n) is 11.4. The van der Waals surface area contributed by atoms with Crippen molar-refractivity contribution in [3.63, 3.8) is 0 Å². The van der Waals surface area contributed by atoms with Gasteiger partial charge in [-0.1, -0.05) is 37.3 Å². The molecule has 0 unspecified atom stereocenters. The Morgan fingerprint density at radius 2 is 1.65 bits per heavy atom. The molecule has 0 aliphatic carbocycles. The number of sulfonamides is 1. The molecule has 0 aliphatic heterocycles. The first-order valence-corrected chi connectivity index (χ1v) is 13.2. The third-order valence-electron chi connectivity index (χ3n) is 5.28. The molecule has 0 spiro atoms. The molecule has 0 bridgehead atoms. The van der Waals surface area contributed by atoms with E-state index >= 15 is 0 Å². The molecule has 0 aliphatic rings. The van der Waals surface area contributed by atoms with Gasteiger partial charge in [-0.2, -0.15) is 0 Å². The molecule has 7 nitrogen and oxygen atoms in total. The van der Waals surface area contributed by atoms with Gasteiger partial charge < -0.3 is 10.2 Å². The number of para-hydroxylation sites is 1. The zero-order valence-electron chi connectivity index (χ0n) is 20.2. The highest BCUT2D eigenvalue weighted by Crippen LogP contribution is 2.19. The second kappa shape index (κ2) is 12.5. The second-order valence-electron chi connectivity index (χ2n) is 8.51. The Bertz CT molecular complexity index is 1040. The van der Waals surface area contributed by atoms with Crippen LogP contribution in [0, 0.1) is 5.82 Å². The zero-order chi connectivity index (χ0) is 25.3. The summed E-state index contributed by atoms with van der Waals surface area (Å²) < 4.78 is 39.2. The van der Waals surface area contributed by atoms with E-state index in [1.807, 2.05) is 20.8 Å². The van der Waals surface area contributed by atoms with Gasteiger partial charge in [-0.05, 0) is 56.5 Å². The lowest BCUT2D eigenvalue weighted by Gasteiger charge is -2.31. The summed E-state index contributed by atoms with van der Waals surface area (Å²) in [6.07, 6.45) is 1.88. The maximum atomic E-state index is 13.4. The van der Waals surface area contributed by atoms with Crippen LogP contribution in [0.3, 0.4) is 0 Å². The molecule has 0 radical (unpaired) electrons. The number of hydrogen-bond acceptors (Lipinski definition) is 4. The van der Waals surface area contributed by atoms with Gasteiger partial charge in [0.15, 0.2) is 0 Å². The monoisotopic (exact) mass is 491 g/mol. The molecule has 2 aromatic rings. The summed E-state index contributed by atoms with van der Waals surface area (Å²) in [6.45, 7) is 5.81. The summed E-state index contributed by atoms with van der Waals surface area (Å²) in [6, 6.07) is 13.7. The number of nitrogens with zero attached hydrogens (tertiary/aromatic N) is 2. The third kappa shape index (κ3) is 8.13. The number of hydrogen-bond donors (Lipinski definition) is 1. The van der Waals surface area contributed by atoms with Crippen LogP contribution >= 0.6 is 0 Å². The van der Waals surface area contributed by atoms with Crippen molar-refractivity contribution < 1.29 is 22.4 Å². The van der Waals surface area contributed by atoms with E-state index in [-0.39, 0.29) is 49.6 Å². The minimum absolute atomic E-state index is 0.0610. The lowest BCUT2D eigenvalue weighted by Crippen LogP contribution is -2.50. The Hall–Kier alpha value is -2.94. The maximum Gasteiger partial charge on any atom is 0.243 e. The quantitative estimate of drug-likeness (QED) is 0.491. The van der Waals surface area contributed by atoms with E-state index in [2.05, 4.69) is 5.32 Å². The van der Waals surface area contributed by atoms with Gasteiger partial charge in [0.05, 0.1) is 11.9 Å². The molecule has 2 amide bonds. The number of anilines is 1. The maximum absolute atomic E-state index is 13.4. The van der Waals surface area contributed by atoms with E-state index in [0.717, 1.165) is 6.26 Å². The molecule has 9 heteroatoms. The van der Waals surface area contributed by atoms with E-state index in [9.17, 15) is 22.4 Å². The second-order valence-corrected chi connectivity index (χ2v) is 10.4. The molecule has 0 saturated heterocycles. The zero-order valence-corrected chi connectivity index (χ0v) is 21.0. The van der Waals surface area contributed by atoms with Gasteiger partial charge in [-0.15, -0.1) is 0 Å². The molecule has 186 valence electrons. The fraction of sp³-hybridized carbons (Fsp3) is 0.440.